The number of carbonyl (C=O) groups excluding carboxylic acids is 3. The Bertz CT molecular complexity index is 669. The van der Waals surface area contributed by atoms with Crippen molar-refractivity contribution < 1.29 is 23.9 Å². The summed E-state index contributed by atoms with van der Waals surface area (Å²) in [6.45, 7) is 10.3. The van der Waals surface area contributed by atoms with E-state index in [9.17, 15) is 14.4 Å². The molecule has 0 aromatic heterocycles. The summed E-state index contributed by atoms with van der Waals surface area (Å²) < 4.78 is 10.8. The molecule has 0 saturated carbocycles. The van der Waals surface area contributed by atoms with E-state index in [1.54, 1.807) is 65.8 Å². The van der Waals surface area contributed by atoms with E-state index in [0.717, 1.165) is 0 Å². The number of hydrogen-bond acceptors (Lipinski definition) is 5. The first-order valence-electron chi connectivity index (χ1n) is 8.24. The fourth-order valence-electron chi connectivity index (χ4n) is 2.63. The molecule has 1 aliphatic heterocycles. The van der Waals surface area contributed by atoms with Crippen LogP contribution in [0.25, 0.3) is 0 Å². The zero-order valence-corrected chi connectivity index (χ0v) is 15.5. The summed E-state index contributed by atoms with van der Waals surface area (Å²) in [6, 6.07) is 6.06. The third-order valence-corrected chi connectivity index (χ3v) is 3.48. The lowest BCUT2D eigenvalue weighted by atomic mass is 9.92. The van der Waals surface area contributed by atoms with Gasteiger partial charge < -0.3 is 14.8 Å². The highest BCUT2D eigenvalue weighted by Gasteiger charge is 2.45. The van der Waals surface area contributed by atoms with Crippen LogP contribution in [0.1, 0.15) is 63.5 Å². The van der Waals surface area contributed by atoms with E-state index < -0.39 is 35.1 Å². The molecule has 6 nitrogen and oxygen atoms in total. The molecule has 2 rings (SSSR count). The van der Waals surface area contributed by atoms with Gasteiger partial charge in [0.15, 0.2) is 5.92 Å². The Morgan fingerprint density at radius 2 is 1.44 bits per heavy atom. The molecule has 136 valence electrons. The first-order chi connectivity index (χ1) is 11.4. The average molecular weight is 347 g/mol. The van der Waals surface area contributed by atoms with Gasteiger partial charge in [-0.05, 0) is 53.2 Å². The van der Waals surface area contributed by atoms with Gasteiger partial charge in [0.2, 0.25) is 0 Å². The third-order valence-electron chi connectivity index (χ3n) is 3.48. The van der Waals surface area contributed by atoms with Crippen LogP contribution in [0.15, 0.2) is 24.3 Å². The normalized spacial score (nSPS) is 17.1. The molecular weight excluding hydrogens is 322 g/mol. The number of fused-ring (bicyclic) bond motifs is 1. The van der Waals surface area contributed by atoms with Gasteiger partial charge in [0, 0.05) is 5.56 Å². The fraction of sp³-hybridized carbons (Fsp3) is 0.526. The van der Waals surface area contributed by atoms with Crippen molar-refractivity contribution >= 4 is 17.8 Å². The topological polar surface area (TPSA) is 81.7 Å². The quantitative estimate of drug-likeness (QED) is 0.672. The smallest absolute Gasteiger partial charge is 0.323 e. The number of benzene rings is 1. The van der Waals surface area contributed by atoms with E-state index in [-0.39, 0.29) is 5.91 Å². The predicted octanol–water partition coefficient (Wildman–Crippen LogP) is 2.77. The molecule has 1 heterocycles. The monoisotopic (exact) mass is 347 g/mol. The Kier molecular flexibility index (Phi) is 4.93. The second-order valence-corrected chi connectivity index (χ2v) is 8.08. The molecule has 1 aromatic carbocycles. The van der Waals surface area contributed by atoms with Crippen LogP contribution in [0, 0.1) is 5.92 Å². The van der Waals surface area contributed by atoms with Gasteiger partial charge in [0.1, 0.15) is 11.2 Å². The molecule has 1 N–H and O–H groups in total. The molecule has 1 aromatic rings. The minimum atomic E-state index is -1.27. The lowest BCUT2D eigenvalue weighted by Gasteiger charge is -2.29. The summed E-state index contributed by atoms with van der Waals surface area (Å²) in [7, 11) is 0. The molecule has 6 heteroatoms. The Morgan fingerprint density at radius 1 is 0.960 bits per heavy atom. The van der Waals surface area contributed by atoms with Gasteiger partial charge in [0.25, 0.3) is 5.91 Å². The van der Waals surface area contributed by atoms with Gasteiger partial charge in [-0.25, -0.2) is 0 Å². The van der Waals surface area contributed by atoms with Crippen molar-refractivity contribution in [1.29, 1.82) is 0 Å². The summed E-state index contributed by atoms with van der Waals surface area (Å²) in [5, 5.41) is 2.71. The fourth-order valence-corrected chi connectivity index (χ4v) is 2.63. The van der Waals surface area contributed by atoms with Crippen LogP contribution in [0.5, 0.6) is 0 Å². The summed E-state index contributed by atoms with van der Waals surface area (Å²) >= 11 is 0. The minimum absolute atomic E-state index is 0.322. The van der Waals surface area contributed by atoms with Crippen LogP contribution in [0.4, 0.5) is 0 Å². The lowest BCUT2D eigenvalue weighted by Crippen LogP contribution is -2.42. The maximum atomic E-state index is 12.7. The molecule has 0 bridgehead atoms. The Morgan fingerprint density at radius 3 is 1.92 bits per heavy atom. The highest BCUT2D eigenvalue weighted by Crippen LogP contribution is 2.34. The van der Waals surface area contributed by atoms with Gasteiger partial charge in [-0.1, -0.05) is 18.2 Å². The molecule has 0 aliphatic carbocycles. The average Bonchev–Trinajstić information content (AvgIpc) is 2.73. The van der Waals surface area contributed by atoms with Gasteiger partial charge >= 0.3 is 11.9 Å². The highest BCUT2D eigenvalue weighted by molar-refractivity contribution is 6.03. The van der Waals surface area contributed by atoms with Gasteiger partial charge in [-0.2, -0.15) is 0 Å². The molecule has 0 spiro atoms. The number of rotatable bonds is 3. The number of nitrogens with one attached hydrogen (secondary N) is 1. The lowest BCUT2D eigenvalue weighted by molar-refractivity contribution is -0.175. The second-order valence-electron chi connectivity index (χ2n) is 8.08. The largest absolute Gasteiger partial charge is 0.459 e. The van der Waals surface area contributed by atoms with E-state index in [0.29, 0.717) is 11.1 Å². The van der Waals surface area contributed by atoms with Crippen LogP contribution in [0.3, 0.4) is 0 Å². The van der Waals surface area contributed by atoms with E-state index in [1.165, 1.54) is 0 Å². The van der Waals surface area contributed by atoms with Gasteiger partial charge in [0.05, 0.1) is 6.04 Å². The van der Waals surface area contributed by atoms with Crippen LogP contribution in [-0.2, 0) is 19.1 Å². The molecule has 1 atom stereocenters. The number of hydrogen-bond donors (Lipinski definition) is 1. The molecule has 1 amide bonds. The zero-order valence-electron chi connectivity index (χ0n) is 15.5. The van der Waals surface area contributed by atoms with E-state index in [4.69, 9.17) is 9.47 Å². The van der Waals surface area contributed by atoms with Crippen molar-refractivity contribution in [3.8, 4) is 0 Å². The standard InChI is InChI=1S/C19H25NO5/c1-18(2,3)24-16(22)13(17(23)25-19(4,5)6)14-11-9-7-8-10-12(11)15(21)20-14/h7-10,13-14H,1-6H3,(H,20,21)/t14-/m0/s1. The Labute approximate surface area is 147 Å². The van der Waals surface area contributed by atoms with E-state index in [2.05, 4.69) is 5.32 Å². The number of amides is 1. The van der Waals surface area contributed by atoms with Crippen LogP contribution in [-0.4, -0.2) is 29.0 Å². The molecule has 0 fully saturated rings. The predicted molar refractivity (Wildman–Crippen MR) is 91.8 cm³/mol. The Balaban J connectivity index is 2.40. The van der Waals surface area contributed by atoms with Crippen molar-refractivity contribution in [2.45, 2.75) is 58.8 Å². The summed E-state index contributed by atoms with van der Waals surface area (Å²) in [5.41, 5.74) is -0.488. The first kappa shape index (κ1) is 19.0. The van der Waals surface area contributed by atoms with Crippen molar-refractivity contribution in [1.82, 2.24) is 5.32 Å². The summed E-state index contributed by atoms with van der Waals surface area (Å²) in [5.74, 6) is -3.03. The van der Waals surface area contributed by atoms with E-state index in [1.807, 2.05) is 0 Å². The van der Waals surface area contributed by atoms with Crippen LogP contribution < -0.4 is 5.32 Å². The number of ether oxygens (including phenoxy) is 2. The van der Waals surface area contributed by atoms with Crippen molar-refractivity contribution in [2.75, 3.05) is 0 Å². The van der Waals surface area contributed by atoms with E-state index >= 15 is 0 Å². The maximum absolute atomic E-state index is 12.7. The number of esters is 2. The highest BCUT2D eigenvalue weighted by atomic mass is 16.6. The van der Waals surface area contributed by atoms with Crippen LogP contribution in [0.2, 0.25) is 0 Å². The zero-order chi connectivity index (χ0) is 19.0. The number of carbonyl (C=O) groups is 3. The third kappa shape index (κ3) is 4.59. The summed E-state index contributed by atoms with van der Waals surface area (Å²) in [6.07, 6.45) is 0. The minimum Gasteiger partial charge on any atom is -0.459 e. The SMILES string of the molecule is CC(C)(C)OC(=O)C(C(=O)OC(C)(C)C)[C@H]1NC(=O)c2ccccc21. The van der Waals surface area contributed by atoms with Gasteiger partial charge in [-0.15, -0.1) is 0 Å². The van der Waals surface area contributed by atoms with Crippen molar-refractivity contribution in [2.24, 2.45) is 5.92 Å². The van der Waals surface area contributed by atoms with Gasteiger partial charge in [-0.3, -0.25) is 14.4 Å². The molecular formula is C19H25NO5. The molecule has 1 aliphatic rings. The first-order valence-corrected chi connectivity index (χ1v) is 8.24. The van der Waals surface area contributed by atoms with Crippen molar-refractivity contribution in [3.63, 3.8) is 0 Å². The van der Waals surface area contributed by atoms with Crippen LogP contribution >= 0.6 is 0 Å². The van der Waals surface area contributed by atoms with Crippen molar-refractivity contribution in [3.05, 3.63) is 35.4 Å². The Hall–Kier alpha value is -2.37. The molecule has 0 unspecified atom stereocenters. The molecule has 0 radical (unpaired) electrons. The molecule has 25 heavy (non-hydrogen) atoms. The maximum Gasteiger partial charge on any atom is 0.323 e. The second kappa shape index (κ2) is 6.50. The summed E-state index contributed by atoms with van der Waals surface area (Å²) in [4.78, 5) is 37.6. The molecule has 0 saturated heterocycles.